The van der Waals surface area contributed by atoms with Gasteiger partial charge in [0.1, 0.15) is 23.3 Å². The van der Waals surface area contributed by atoms with E-state index in [1.54, 1.807) is 23.1 Å². The predicted molar refractivity (Wildman–Crippen MR) is 136 cm³/mol. The van der Waals surface area contributed by atoms with Crippen LogP contribution in [0.15, 0.2) is 30.3 Å². The van der Waals surface area contributed by atoms with E-state index in [4.69, 9.17) is 15.1 Å². The molecule has 1 aliphatic carbocycles. The van der Waals surface area contributed by atoms with Crippen LogP contribution in [-0.4, -0.2) is 62.7 Å². The van der Waals surface area contributed by atoms with Gasteiger partial charge in [0.05, 0.1) is 6.54 Å². The van der Waals surface area contributed by atoms with E-state index in [9.17, 15) is 19.5 Å². The van der Waals surface area contributed by atoms with E-state index in [-0.39, 0.29) is 18.2 Å². The Bertz CT molecular complexity index is 1290. The first-order valence-corrected chi connectivity index (χ1v) is 12.8. The van der Waals surface area contributed by atoms with Crippen LogP contribution in [0.4, 0.5) is 4.79 Å². The molecule has 1 atom stereocenters. The number of aliphatic carboxylic acids is 1. The molecule has 5 rings (SSSR count). The van der Waals surface area contributed by atoms with E-state index in [2.05, 4.69) is 0 Å². The first-order chi connectivity index (χ1) is 17.5. The monoisotopic (exact) mass is 504 g/mol. The molecular formula is C28H32N4O5. The molecule has 9 nitrogen and oxygen atoms in total. The van der Waals surface area contributed by atoms with Crippen LogP contribution in [0.1, 0.15) is 85.2 Å². The summed E-state index contributed by atoms with van der Waals surface area (Å²) >= 11 is 0. The number of carbonyl (C=O) groups is 3. The summed E-state index contributed by atoms with van der Waals surface area (Å²) in [6.07, 6.45) is 2.59. The van der Waals surface area contributed by atoms with Gasteiger partial charge >= 0.3 is 12.1 Å². The van der Waals surface area contributed by atoms with Gasteiger partial charge in [0.15, 0.2) is 5.78 Å². The molecule has 1 saturated heterocycles. The third-order valence-corrected chi connectivity index (χ3v) is 7.31. The number of amides is 1. The average molecular weight is 505 g/mol. The molecule has 1 unspecified atom stereocenters. The normalized spacial score (nSPS) is 19.2. The predicted octanol–water partition coefficient (Wildman–Crippen LogP) is 4.33. The second-order valence-electron chi connectivity index (χ2n) is 11.2. The minimum Gasteiger partial charge on any atom is -0.480 e. The van der Waals surface area contributed by atoms with Crippen LogP contribution < -0.4 is 4.74 Å². The van der Waals surface area contributed by atoms with Crippen LogP contribution in [0, 0.1) is 5.41 Å². The number of hydrogen-bond donors (Lipinski definition) is 2. The van der Waals surface area contributed by atoms with Crippen molar-refractivity contribution in [3.05, 3.63) is 58.4 Å². The fourth-order valence-corrected chi connectivity index (χ4v) is 5.05. The van der Waals surface area contributed by atoms with Gasteiger partial charge in [0, 0.05) is 41.4 Å². The van der Waals surface area contributed by atoms with Crippen LogP contribution in [-0.2, 0) is 16.8 Å². The highest BCUT2D eigenvalue weighted by Gasteiger charge is 2.36. The number of rotatable bonds is 6. The Morgan fingerprint density at radius 3 is 2.57 bits per heavy atom. The van der Waals surface area contributed by atoms with E-state index in [0.717, 1.165) is 24.1 Å². The summed E-state index contributed by atoms with van der Waals surface area (Å²) in [5.74, 6) is -0.110. The Balaban J connectivity index is 1.32. The first kappa shape index (κ1) is 24.9. The van der Waals surface area contributed by atoms with E-state index in [1.807, 2.05) is 32.9 Å². The lowest BCUT2D eigenvalue weighted by atomic mass is 9.85. The maximum absolute atomic E-state index is 13.3. The van der Waals surface area contributed by atoms with Gasteiger partial charge in [0.2, 0.25) is 0 Å². The van der Waals surface area contributed by atoms with Gasteiger partial charge in [-0.3, -0.25) is 15.1 Å². The number of nitrogens with one attached hydrogen (secondary N) is 1. The summed E-state index contributed by atoms with van der Waals surface area (Å²) < 4.78 is 5.66. The van der Waals surface area contributed by atoms with Gasteiger partial charge in [-0.15, -0.1) is 0 Å². The summed E-state index contributed by atoms with van der Waals surface area (Å²) in [6, 6.07) is 8.12. The Morgan fingerprint density at radius 2 is 1.89 bits per heavy atom. The number of ketones is 1. The number of amidine groups is 1. The maximum Gasteiger partial charge on any atom is 0.415 e. The van der Waals surface area contributed by atoms with Crippen molar-refractivity contribution in [3.8, 4) is 5.75 Å². The molecule has 2 N–H and O–H groups in total. The minimum atomic E-state index is -1.04. The van der Waals surface area contributed by atoms with Crippen LogP contribution in [0.5, 0.6) is 5.75 Å². The molecule has 1 amide bonds. The molecule has 194 valence electrons. The largest absolute Gasteiger partial charge is 0.480 e. The highest BCUT2D eigenvalue weighted by atomic mass is 16.6. The molecule has 2 aliphatic heterocycles. The van der Waals surface area contributed by atoms with Crippen molar-refractivity contribution in [2.45, 2.75) is 70.4 Å². The van der Waals surface area contributed by atoms with Gasteiger partial charge in [-0.2, -0.15) is 0 Å². The van der Waals surface area contributed by atoms with Crippen LogP contribution in [0.3, 0.4) is 0 Å². The van der Waals surface area contributed by atoms with Crippen molar-refractivity contribution < 1.29 is 24.2 Å². The zero-order valence-corrected chi connectivity index (χ0v) is 21.4. The number of hydrogen-bond acceptors (Lipinski definition) is 6. The first-order valence-electron chi connectivity index (χ1n) is 12.8. The second kappa shape index (κ2) is 9.28. The smallest absolute Gasteiger partial charge is 0.415 e. The Kier molecular flexibility index (Phi) is 6.25. The van der Waals surface area contributed by atoms with Gasteiger partial charge in [0.25, 0.3) is 0 Å². The van der Waals surface area contributed by atoms with Gasteiger partial charge < -0.3 is 14.7 Å². The minimum absolute atomic E-state index is 0.0464. The van der Waals surface area contributed by atoms with E-state index in [0.29, 0.717) is 54.4 Å². The summed E-state index contributed by atoms with van der Waals surface area (Å²) in [4.78, 5) is 45.3. The molecule has 2 aromatic rings. The van der Waals surface area contributed by atoms with Crippen molar-refractivity contribution >= 4 is 23.7 Å². The summed E-state index contributed by atoms with van der Waals surface area (Å²) in [5, 5.41) is 18.0. The molecule has 9 heteroatoms. The van der Waals surface area contributed by atoms with Crippen molar-refractivity contribution in [1.82, 2.24) is 14.8 Å². The number of Topliss-reactive ketones (excluding diaryl/α,β-unsaturated/α-hetero) is 1. The van der Waals surface area contributed by atoms with Crippen molar-refractivity contribution in [3.63, 3.8) is 0 Å². The molecular weight excluding hydrogens is 472 g/mol. The molecule has 1 saturated carbocycles. The maximum atomic E-state index is 13.3. The molecule has 0 radical (unpaired) electrons. The number of carboxylic acids is 1. The number of benzene rings is 1. The molecule has 0 bridgehead atoms. The number of ether oxygens (including phenoxy) is 1. The molecule has 3 heterocycles. The fourth-order valence-electron chi connectivity index (χ4n) is 5.05. The second-order valence-corrected chi connectivity index (χ2v) is 11.2. The highest BCUT2D eigenvalue weighted by Crippen LogP contribution is 2.40. The van der Waals surface area contributed by atoms with Crippen molar-refractivity contribution in [2.24, 2.45) is 0 Å². The standard InChI is InChI=1S/C28H32N4O5/c1-28(2,3)19-13-17(9-11-23(19)37-27(36)32-12-4-5-21(32)26(34)35)22(33)15-31-14-18-8-10-20(16-6-7-16)30-24(18)25(31)29/h8-11,13,16,21,29H,4-7,12,14-15H2,1-3H3,(H,34,35). The lowest BCUT2D eigenvalue weighted by Crippen LogP contribution is -2.42. The van der Waals surface area contributed by atoms with E-state index < -0.39 is 23.5 Å². The topological polar surface area (TPSA) is 124 Å². The van der Waals surface area contributed by atoms with Gasteiger partial charge in [-0.25, -0.2) is 14.6 Å². The molecule has 2 fully saturated rings. The molecule has 3 aliphatic rings. The quantitative estimate of drug-likeness (QED) is 0.561. The lowest BCUT2D eigenvalue weighted by Gasteiger charge is -2.26. The van der Waals surface area contributed by atoms with Gasteiger partial charge in [-0.05, 0) is 55.4 Å². The van der Waals surface area contributed by atoms with E-state index in [1.165, 1.54) is 4.90 Å². The zero-order valence-electron chi connectivity index (χ0n) is 21.4. The number of carboxylic acid groups (broad SMARTS) is 1. The van der Waals surface area contributed by atoms with E-state index >= 15 is 0 Å². The number of likely N-dealkylation sites (tertiary alicyclic amines) is 1. The molecule has 0 spiro atoms. The third-order valence-electron chi connectivity index (χ3n) is 7.31. The fraction of sp³-hybridized carbons (Fsp3) is 0.464. The number of carbonyl (C=O) groups excluding carboxylic acids is 2. The highest BCUT2D eigenvalue weighted by molar-refractivity contribution is 6.04. The third kappa shape index (κ3) is 4.95. The molecule has 1 aromatic heterocycles. The van der Waals surface area contributed by atoms with Crippen molar-refractivity contribution in [1.29, 1.82) is 5.41 Å². The average Bonchev–Trinajstić information content (AvgIpc) is 3.49. The van der Waals surface area contributed by atoms with Crippen LogP contribution in [0.2, 0.25) is 0 Å². The SMILES string of the molecule is CC(C)(C)c1cc(C(=O)CN2Cc3ccc(C4CC4)nc3C2=N)ccc1OC(=O)N1CCCC1C(=O)O. The summed E-state index contributed by atoms with van der Waals surface area (Å²) in [5.41, 5.74) is 3.35. The number of aromatic nitrogens is 1. The zero-order chi connectivity index (χ0) is 26.5. The number of pyridine rings is 1. The molecule has 37 heavy (non-hydrogen) atoms. The van der Waals surface area contributed by atoms with Crippen molar-refractivity contribution in [2.75, 3.05) is 13.1 Å². The Labute approximate surface area is 215 Å². The Hall–Kier alpha value is -3.75. The number of fused-ring (bicyclic) bond motifs is 1. The van der Waals surface area contributed by atoms with Gasteiger partial charge in [-0.1, -0.05) is 26.8 Å². The number of nitrogens with zero attached hydrogens (tertiary/aromatic N) is 3. The Morgan fingerprint density at radius 1 is 1.14 bits per heavy atom. The van der Waals surface area contributed by atoms with Crippen LogP contribution in [0.25, 0.3) is 0 Å². The summed E-state index contributed by atoms with van der Waals surface area (Å²) in [6.45, 7) is 6.72. The summed E-state index contributed by atoms with van der Waals surface area (Å²) in [7, 11) is 0. The molecule has 1 aromatic carbocycles. The lowest BCUT2D eigenvalue weighted by molar-refractivity contribution is -0.141. The van der Waals surface area contributed by atoms with Crippen LogP contribution >= 0.6 is 0 Å².